The van der Waals surface area contributed by atoms with Gasteiger partial charge in [0.2, 0.25) is 11.9 Å². The molecule has 0 spiro atoms. The summed E-state index contributed by atoms with van der Waals surface area (Å²) in [4.78, 5) is 26.7. The fourth-order valence-corrected chi connectivity index (χ4v) is 4.23. The molecule has 1 aliphatic heterocycles. The molecule has 12 heteroatoms. The Bertz CT molecular complexity index is 1250. The molecule has 1 heterocycles. The summed E-state index contributed by atoms with van der Waals surface area (Å²) in [7, 11) is 0. The van der Waals surface area contributed by atoms with Crippen molar-refractivity contribution in [1.82, 2.24) is 4.90 Å². The predicted molar refractivity (Wildman–Crippen MR) is 117 cm³/mol. The number of nitriles is 1. The molecule has 1 unspecified atom stereocenters. The van der Waals surface area contributed by atoms with Gasteiger partial charge in [0.05, 0.1) is 22.8 Å². The van der Waals surface area contributed by atoms with Gasteiger partial charge in [-0.05, 0) is 42.8 Å². The molecule has 1 atom stereocenters. The number of nitrogens with zero attached hydrogens (tertiary/aromatic N) is 3. The summed E-state index contributed by atoms with van der Waals surface area (Å²) >= 11 is 3.29. The Kier molecular flexibility index (Phi) is 6.20. The second kappa shape index (κ2) is 8.59. The number of anilines is 1. The van der Waals surface area contributed by atoms with Crippen molar-refractivity contribution >= 4 is 39.5 Å². The minimum absolute atomic E-state index is 0.0468. The highest BCUT2D eigenvalue weighted by Crippen LogP contribution is 2.42. The summed E-state index contributed by atoms with van der Waals surface area (Å²) in [5, 5.41) is 17.7. The van der Waals surface area contributed by atoms with E-state index in [2.05, 4.69) is 15.9 Å². The smallest absolute Gasteiger partial charge is 0.366 e. The van der Waals surface area contributed by atoms with Crippen molar-refractivity contribution in [1.29, 1.82) is 10.7 Å². The zero-order valence-electron chi connectivity index (χ0n) is 16.9. The largest absolute Gasteiger partial charge is 0.416 e. The molecular weight excluding hydrogens is 505 g/mol. The molecule has 8 nitrogen and oxygen atoms in total. The van der Waals surface area contributed by atoms with Gasteiger partial charge in [-0.25, -0.2) is 4.79 Å². The lowest BCUT2D eigenvalue weighted by Gasteiger charge is -2.43. The Morgan fingerprint density at radius 1 is 1.18 bits per heavy atom. The summed E-state index contributed by atoms with van der Waals surface area (Å²) in [6.45, 7) is 1.40. The molecule has 2 aromatic carbocycles. The van der Waals surface area contributed by atoms with Gasteiger partial charge >= 0.3 is 12.2 Å². The fraction of sp³-hybridized carbons (Fsp3) is 0.143. The van der Waals surface area contributed by atoms with Crippen LogP contribution in [0.4, 0.5) is 23.7 Å². The van der Waals surface area contributed by atoms with E-state index in [1.165, 1.54) is 31.2 Å². The van der Waals surface area contributed by atoms with Gasteiger partial charge in [-0.3, -0.25) is 20.0 Å². The molecule has 2 aromatic rings. The van der Waals surface area contributed by atoms with Gasteiger partial charge in [-0.15, -0.1) is 0 Å². The Hall–Kier alpha value is -3.85. The zero-order chi connectivity index (χ0) is 24.7. The lowest BCUT2D eigenvalue weighted by Crippen LogP contribution is -2.55. The second-order valence-electron chi connectivity index (χ2n) is 7.03. The van der Waals surface area contributed by atoms with Gasteiger partial charge in [0.1, 0.15) is 6.04 Å². The number of nitrogens with one attached hydrogen (secondary N) is 1. The van der Waals surface area contributed by atoms with E-state index in [1.54, 1.807) is 0 Å². The first-order valence-corrected chi connectivity index (χ1v) is 10.0. The number of guanidine groups is 1. The maximum atomic E-state index is 13.3. The van der Waals surface area contributed by atoms with Crippen molar-refractivity contribution in [2.75, 3.05) is 4.90 Å². The van der Waals surface area contributed by atoms with Crippen LogP contribution in [0.5, 0.6) is 0 Å². The summed E-state index contributed by atoms with van der Waals surface area (Å²) in [5.74, 6) is -1.55. The monoisotopic (exact) mass is 520 g/mol. The molecule has 3 amide bonds. The van der Waals surface area contributed by atoms with Gasteiger partial charge in [-0.2, -0.15) is 18.4 Å². The molecule has 0 bridgehead atoms. The molecule has 0 aliphatic carbocycles. The first kappa shape index (κ1) is 23.8. The van der Waals surface area contributed by atoms with E-state index in [-0.39, 0.29) is 22.5 Å². The number of hydrogen-bond donors (Lipinski definition) is 3. The van der Waals surface area contributed by atoms with Crippen LogP contribution in [-0.4, -0.2) is 22.8 Å². The number of allylic oxidation sites excluding steroid dienone is 1. The van der Waals surface area contributed by atoms with Crippen LogP contribution in [-0.2, 0) is 11.0 Å². The number of amides is 3. The van der Waals surface area contributed by atoms with Crippen LogP contribution in [0.15, 0.2) is 58.2 Å². The van der Waals surface area contributed by atoms with Crippen LogP contribution in [0.25, 0.3) is 0 Å². The van der Waals surface area contributed by atoms with Crippen molar-refractivity contribution < 1.29 is 22.8 Å². The molecule has 3 rings (SSSR count). The molecular formula is C21H16BrF3N6O2. The normalized spacial score (nSPS) is 16.6. The minimum atomic E-state index is -4.66. The van der Waals surface area contributed by atoms with Crippen LogP contribution in [0.2, 0.25) is 0 Å². The Labute approximate surface area is 194 Å². The topological polar surface area (TPSA) is 140 Å². The van der Waals surface area contributed by atoms with E-state index in [1.807, 2.05) is 6.07 Å². The highest BCUT2D eigenvalue weighted by atomic mass is 79.9. The number of urea groups is 1. The van der Waals surface area contributed by atoms with Crippen molar-refractivity contribution in [2.24, 2.45) is 11.5 Å². The first-order valence-electron chi connectivity index (χ1n) is 9.23. The number of carbonyl (C=O) groups is 2. The standard InChI is InChI=1S/C21H16BrF3N6O2/c1-10-16(18(27)32)17(14-6-5-11(9-26)7-15(14)22)31(20(29)33)19(28)30(10)13-4-2-3-12(8-13)21(23,24)25/h2-8,17,28H,1H3,(H2,27,32)(H2,29,33). The van der Waals surface area contributed by atoms with Crippen molar-refractivity contribution in [3.8, 4) is 6.07 Å². The summed E-state index contributed by atoms with van der Waals surface area (Å²) in [6, 6.07) is 7.99. The molecule has 0 aromatic heterocycles. The number of primary amides is 2. The second-order valence-corrected chi connectivity index (χ2v) is 7.88. The van der Waals surface area contributed by atoms with Crippen LogP contribution < -0.4 is 16.4 Å². The van der Waals surface area contributed by atoms with Crippen molar-refractivity contribution in [3.63, 3.8) is 0 Å². The number of nitrogens with two attached hydrogens (primary N) is 2. The van der Waals surface area contributed by atoms with E-state index in [0.29, 0.717) is 10.0 Å². The maximum Gasteiger partial charge on any atom is 0.416 e. The molecule has 0 fully saturated rings. The van der Waals surface area contributed by atoms with Gasteiger partial charge in [0.15, 0.2) is 0 Å². The number of benzene rings is 2. The lowest BCUT2D eigenvalue weighted by atomic mass is 9.92. The summed E-state index contributed by atoms with van der Waals surface area (Å²) < 4.78 is 40.1. The van der Waals surface area contributed by atoms with Crippen LogP contribution in [0.3, 0.4) is 0 Å². The van der Waals surface area contributed by atoms with Crippen molar-refractivity contribution in [2.45, 2.75) is 19.1 Å². The lowest BCUT2D eigenvalue weighted by molar-refractivity contribution is -0.137. The number of hydrogen-bond acceptors (Lipinski definition) is 4. The number of halogens is 4. The minimum Gasteiger partial charge on any atom is -0.366 e. The number of alkyl halides is 3. The van der Waals surface area contributed by atoms with E-state index in [0.717, 1.165) is 28.0 Å². The Morgan fingerprint density at radius 3 is 2.36 bits per heavy atom. The maximum absolute atomic E-state index is 13.3. The molecule has 33 heavy (non-hydrogen) atoms. The average Bonchev–Trinajstić information content (AvgIpc) is 2.72. The van der Waals surface area contributed by atoms with Gasteiger partial charge in [0.25, 0.3) is 0 Å². The quantitative estimate of drug-likeness (QED) is 0.562. The van der Waals surface area contributed by atoms with E-state index in [9.17, 15) is 22.8 Å². The van der Waals surface area contributed by atoms with E-state index in [4.69, 9.17) is 22.1 Å². The molecule has 1 aliphatic rings. The van der Waals surface area contributed by atoms with Gasteiger partial charge < -0.3 is 11.5 Å². The Balaban J connectivity index is 2.30. The summed E-state index contributed by atoms with van der Waals surface area (Å²) in [6.07, 6.45) is -4.66. The molecule has 0 radical (unpaired) electrons. The molecule has 170 valence electrons. The first-order chi connectivity index (χ1) is 15.4. The van der Waals surface area contributed by atoms with Crippen molar-refractivity contribution in [3.05, 3.63) is 74.9 Å². The van der Waals surface area contributed by atoms with Crippen LogP contribution in [0.1, 0.15) is 29.7 Å². The van der Waals surface area contributed by atoms with Gasteiger partial charge in [-0.1, -0.05) is 28.1 Å². The zero-order valence-corrected chi connectivity index (χ0v) is 18.5. The Morgan fingerprint density at radius 2 is 1.85 bits per heavy atom. The van der Waals surface area contributed by atoms with Crippen LogP contribution in [0, 0.1) is 16.7 Å². The molecule has 5 N–H and O–H groups in total. The number of carbonyl (C=O) groups excluding carboxylic acids is 2. The third-order valence-corrected chi connectivity index (χ3v) is 5.74. The van der Waals surface area contributed by atoms with E-state index >= 15 is 0 Å². The highest BCUT2D eigenvalue weighted by molar-refractivity contribution is 9.10. The SMILES string of the molecule is CC1=C(C(N)=O)C(c2ccc(C#N)cc2Br)N(C(N)=O)C(=N)N1c1cccc(C(F)(F)F)c1. The fourth-order valence-electron chi connectivity index (χ4n) is 3.63. The van der Waals surface area contributed by atoms with E-state index < -0.39 is 35.7 Å². The third kappa shape index (κ3) is 4.27. The van der Waals surface area contributed by atoms with Gasteiger partial charge in [0, 0.05) is 15.9 Å². The molecule has 0 saturated carbocycles. The highest BCUT2D eigenvalue weighted by Gasteiger charge is 2.43. The molecule has 0 saturated heterocycles. The average molecular weight is 521 g/mol. The number of rotatable bonds is 3. The summed E-state index contributed by atoms with van der Waals surface area (Å²) in [5.41, 5.74) is 10.5. The predicted octanol–water partition coefficient (Wildman–Crippen LogP) is 3.98. The third-order valence-electron chi connectivity index (χ3n) is 5.06. The van der Waals surface area contributed by atoms with Crippen LogP contribution >= 0.6 is 15.9 Å².